The van der Waals surface area contributed by atoms with Gasteiger partial charge in [-0.05, 0) is 17.5 Å². The molecule has 4 heteroatoms. The highest BCUT2D eigenvalue weighted by atomic mass is 16.4. The first-order valence-electron chi connectivity index (χ1n) is 6.16. The molecule has 0 atom stereocenters. The standard InChI is InChI=1S/C14H18N2O2/c17-14(18)15-8-7-12-3-5-13(6-4-12)11-16-9-1-2-10-16/h1-6,15H,7-11H2,(H,17,18). The van der Waals surface area contributed by atoms with E-state index in [4.69, 9.17) is 5.11 Å². The van der Waals surface area contributed by atoms with Gasteiger partial charge in [-0.15, -0.1) is 0 Å². The zero-order valence-corrected chi connectivity index (χ0v) is 10.3. The highest BCUT2D eigenvalue weighted by Gasteiger charge is 2.06. The molecule has 0 spiro atoms. The van der Waals surface area contributed by atoms with Crippen molar-refractivity contribution < 1.29 is 9.90 Å². The first-order valence-corrected chi connectivity index (χ1v) is 6.16. The van der Waals surface area contributed by atoms with E-state index in [1.807, 2.05) is 0 Å². The first-order chi connectivity index (χ1) is 8.74. The summed E-state index contributed by atoms with van der Waals surface area (Å²) in [6, 6.07) is 8.38. The molecule has 18 heavy (non-hydrogen) atoms. The van der Waals surface area contributed by atoms with Crippen LogP contribution in [0.1, 0.15) is 11.1 Å². The van der Waals surface area contributed by atoms with E-state index in [0.717, 1.165) is 31.6 Å². The van der Waals surface area contributed by atoms with E-state index in [0.29, 0.717) is 6.54 Å². The summed E-state index contributed by atoms with van der Waals surface area (Å²) in [6.07, 6.45) is 4.14. The number of amides is 1. The Morgan fingerprint density at radius 3 is 2.39 bits per heavy atom. The monoisotopic (exact) mass is 246 g/mol. The summed E-state index contributed by atoms with van der Waals surface area (Å²) < 4.78 is 0. The second kappa shape index (κ2) is 6.21. The molecule has 0 aliphatic carbocycles. The second-order valence-electron chi connectivity index (χ2n) is 4.46. The molecule has 1 aliphatic rings. The largest absolute Gasteiger partial charge is 0.465 e. The lowest BCUT2D eigenvalue weighted by Crippen LogP contribution is -2.23. The summed E-state index contributed by atoms with van der Waals surface area (Å²) in [5, 5.41) is 10.8. The van der Waals surface area contributed by atoms with Crippen LogP contribution in [0.15, 0.2) is 36.4 Å². The average molecular weight is 246 g/mol. The number of hydrogen-bond donors (Lipinski definition) is 2. The van der Waals surface area contributed by atoms with E-state index in [-0.39, 0.29) is 0 Å². The molecule has 0 fully saturated rings. The molecule has 0 aromatic heterocycles. The highest BCUT2D eigenvalue weighted by molar-refractivity contribution is 5.64. The minimum Gasteiger partial charge on any atom is -0.465 e. The van der Waals surface area contributed by atoms with Crippen LogP contribution >= 0.6 is 0 Å². The normalized spacial score (nSPS) is 14.9. The topological polar surface area (TPSA) is 52.6 Å². The van der Waals surface area contributed by atoms with Gasteiger partial charge in [0.2, 0.25) is 0 Å². The number of rotatable bonds is 5. The lowest BCUT2D eigenvalue weighted by Gasteiger charge is -2.14. The van der Waals surface area contributed by atoms with Gasteiger partial charge in [0, 0.05) is 26.2 Å². The SMILES string of the molecule is O=C(O)NCCc1ccc(CN2CC=CC2)cc1. The van der Waals surface area contributed by atoms with E-state index in [1.165, 1.54) is 5.56 Å². The van der Waals surface area contributed by atoms with Gasteiger partial charge in [0.1, 0.15) is 0 Å². The van der Waals surface area contributed by atoms with Crippen molar-refractivity contribution in [1.29, 1.82) is 0 Å². The zero-order valence-electron chi connectivity index (χ0n) is 10.3. The van der Waals surface area contributed by atoms with Crippen molar-refractivity contribution in [3.63, 3.8) is 0 Å². The molecule has 2 rings (SSSR count). The van der Waals surface area contributed by atoms with Gasteiger partial charge in [-0.3, -0.25) is 4.90 Å². The number of benzene rings is 1. The molecule has 0 saturated heterocycles. The van der Waals surface area contributed by atoms with Crippen LogP contribution in [0.5, 0.6) is 0 Å². The smallest absolute Gasteiger partial charge is 0.404 e. The van der Waals surface area contributed by atoms with Crippen molar-refractivity contribution in [2.45, 2.75) is 13.0 Å². The molecular formula is C14H18N2O2. The second-order valence-corrected chi connectivity index (χ2v) is 4.46. The molecule has 0 radical (unpaired) electrons. The lowest BCUT2D eigenvalue weighted by molar-refractivity contribution is 0.194. The summed E-state index contributed by atoms with van der Waals surface area (Å²) in [5.74, 6) is 0. The van der Waals surface area contributed by atoms with E-state index in [1.54, 1.807) is 0 Å². The van der Waals surface area contributed by atoms with Crippen molar-refractivity contribution >= 4 is 6.09 Å². The Balaban J connectivity index is 1.79. The van der Waals surface area contributed by atoms with Gasteiger partial charge in [0.15, 0.2) is 0 Å². The Morgan fingerprint density at radius 2 is 1.78 bits per heavy atom. The fourth-order valence-corrected chi connectivity index (χ4v) is 2.03. The summed E-state index contributed by atoms with van der Waals surface area (Å²) in [6.45, 7) is 3.50. The maximum absolute atomic E-state index is 10.3. The first kappa shape index (κ1) is 12.6. The number of nitrogens with one attached hydrogen (secondary N) is 1. The minimum atomic E-state index is -0.965. The third kappa shape index (κ3) is 3.89. The molecule has 4 nitrogen and oxygen atoms in total. The predicted octanol–water partition coefficient (Wildman–Crippen LogP) is 1.87. The zero-order chi connectivity index (χ0) is 12.8. The van der Waals surface area contributed by atoms with Crippen molar-refractivity contribution in [1.82, 2.24) is 10.2 Å². The highest BCUT2D eigenvalue weighted by Crippen LogP contribution is 2.10. The van der Waals surface area contributed by atoms with Crippen LogP contribution in [0, 0.1) is 0 Å². The van der Waals surface area contributed by atoms with Gasteiger partial charge in [-0.1, -0.05) is 36.4 Å². The third-order valence-corrected chi connectivity index (χ3v) is 3.01. The molecular weight excluding hydrogens is 228 g/mol. The Hall–Kier alpha value is -1.81. The van der Waals surface area contributed by atoms with Crippen LogP contribution < -0.4 is 5.32 Å². The molecule has 96 valence electrons. The van der Waals surface area contributed by atoms with E-state index in [2.05, 4.69) is 46.6 Å². The fraction of sp³-hybridized carbons (Fsp3) is 0.357. The summed E-state index contributed by atoms with van der Waals surface area (Å²) in [5.41, 5.74) is 2.46. The molecule has 0 saturated carbocycles. The van der Waals surface area contributed by atoms with Crippen LogP contribution in [0.3, 0.4) is 0 Å². The molecule has 1 aromatic carbocycles. The molecule has 1 heterocycles. The van der Waals surface area contributed by atoms with Crippen LogP contribution in [0.4, 0.5) is 4.79 Å². The summed E-state index contributed by atoms with van der Waals surface area (Å²) in [4.78, 5) is 12.7. The molecule has 0 bridgehead atoms. The van der Waals surface area contributed by atoms with Crippen LogP contribution in [-0.2, 0) is 13.0 Å². The van der Waals surface area contributed by atoms with Crippen LogP contribution in [0.25, 0.3) is 0 Å². The summed E-state index contributed by atoms with van der Waals surface area (Å²) >= 11 is 0. The molecule has 1 aliphatic heterocycles. The average Bonchev–Trinajstić information content (AvgIpc) is 2.84. The van der Waals surface area contributed by atoms with E-state index < -0.39 is 6.09 Å². The van der Waals surface area contributed by atoms with Gasteiger partial charge < -0.3 is 10.4 Å². The molecule has 0 unspecified atom stereocenters. The van der Waals surface area contributed by atoms with Crippen molar-refractivity contribution in [2.24, 2.45) is 0 Å². The minimum absolute atomic E-state index is 0.463. The summed E-state index contributed by atoms with van der Waals surface area (Å²) in [7, 11) is 0. The van der Waals surface area contributed by atoms with Crippen molar-refractivity contribution in [3.8, 4) is 0 Å². The van der Waals surface area contributed by atoms with Crippen LogP contribution in [0.2, 0.25) is 0 Å². The van der Waals surface area contributed by atoms with Crippen LogP contribution in [-0.4, -0.2) is 35.7 Å². The van der Waals surface area contributed by atoms with Crippen molar-refractivity contribution in [3.05, 3.63) is 47.5 Å². The number of carboxylic acid groups (broad SMARTS) is 1. The van der Waals surface area contributed by atoms with Gasteiger partial charge in [0.05, 0.1) is 0 Å². The Bertz CT molecular complexity index is 418. The van der Waals surface area contributed by atoms with E-state index >= 15 is 0 Å². The van der Waals surface area contributed by atoms with E-state index in [9.17, 15) is 4.79 Å². The van der Waals surface area contributed by atoms with Gasteiger partial charge in [0.25, 0.3) is 0 Å². The van der Waals surface area contributed by atoms with Crippen molar-refractivity contribution in [2.75, 3.05) is 19.6 Å². The Morgan fingerprint density at radius 1 is 1.17 bits per heavy atom. The maximum atomic E-state index is 10.3. The Labute approximate surface area is 107 Å². The molecule has 1 aromatic rings. The maximum Gasteiger partial charge on any atom is 0.404 e. The lowest BCUT2D eigenvalue weighted by atomic mass is 10.1. The Kier molecular flexibility index (Phi) is 4.36. The van der Waals surface area contributed by atoms with Gasteiger partial charge >= 0.3 is 6.09 Å². The van der Waals surface area contributed by atoms with Gasteiger partial charge in [-0.2, -0.15) is 0 Å². The molecule has 1 amide bonds. The number of nitrogens with zero attached hydrogens (tertiary/aromatic N) is 1. The predicted molar refractivity (Wildman–Crippen MR) is 70.6 cm³/mol. The quantitative estimate of drug-likeness (QED) is 0.780. The fourth-order valence-electron chi connectivity index (χ4n) is 2.03. The molecule has 2 N–H and O–H groups in total. The number of carbonyl (C=O) groups is 1. The number of hydrogen-bond acceptors (Lipinski definition) is 2. The van der Waals surface area contributed by atoms with Gasteiger partial charge in [-0.25, -0.2) is 4.79 Å². The third-order valence-electron chi connectivity index (χ3n) is 3.01.